The maximum Gasteiger partial charge on any atom is 0.243 e. The van der Waals surface area contributed by atoms with E-state index in [1.165, 1.54) is 11.1 Å². The third-order valence-corrected chi connectivity index (χ3v) is 9.49. The molecule has 3 aliphatic rings. The van der Waals surface area contributed by atoms with Gasteiger partial charge in [-0.3, -0.25) is 14.3 Å². The highest BCUT2D eigenvalue weighted by atomic mass is 16.5. The van der Waals surface area contributed by atoms with Crippen LogP contribution in [-0.2, 0) is 35.9 Å². The average molecular weight is 583 g/mol. The second-order valence-electron chi connectivity index (χ2n) is 12.4. The minimum Gasteiger partial charge on any atom is -0.497 e. The SMILES string of the molecule is COc1ccc(CC2CC(C(=O)NCC3=Cc4nnn(C)c4CC3)N(C(=O)C(N)CC3CCCc4ccccc43)C2)cc1. The first-order chi connectivity index (χ1) is 20.9. The van der Waals surface area contributed by atoms with Gasteiger partial charge in [0.05, 0.1) is 18.8 Å². The number of amides is 2. The predicted molar refractivity (Wildman–Crippen MR) is 165 cm³/mol. The van der Waals surface area contributed by atoms with Crippen LogP contribution >= 0.6 is 0 Å². The molecule has 0 radical (unpaired) electrons. The summed E-state index contributed by atoms with van der Waals surface area (Å²) in [7, 11) is 3.56. The molecule has 9 nitrogen and oxygen atoms in total. The minimum atomic E-state index is -0.651. The van der Waals surface area contributed by atoms with Crippen molar-refractivity contribution in [1.29, 1.82) is 0 Å². The van der Waals surface area contributed by atoms with E-state index in [0.29, 0.717) is 25.9 Å². The van der Waals surface area contributed by atoms with E-state index in [9.17, 15) is 9.59 Å². The number of carbonyl (C=O) groups excluding carboxylic acids is 2. The Morgan fingerprint density at radius 3 is 2.74 bits per heavy atom. The van der Waals surface area contributed by atoms with E-state index in [4.69, 9.17) is 10.5 Å². The molecule has 4 atom stereocenters. The van der Waals surface area contributed by atoms with E-state index >= 15 is 0 Å². The minimum absolute atomic E-state index is 0.119. The summed E-state index contributed by atoms with van der Waals surface area (Å²) in [6.45, 7) is 0.949. The zero-order chi connectivity index (χ0) is 29.9. The van der Waals surface area contributed by atoms with Crippen LogP contribution in [0.2, 0.25) is 0 Å². The fraction of sp³-hybridized carbons (Fsp3) is 0.471. The second kappa shape index (κ2) is 12.7. The van der Waals surface area contributed by atoms with E-state index < -0.39 is 12.1 Å². The first kappa shape index (κ1) is 29.1. The molecular formula is C34H42N6O3. The number of carbonyl (C=O) groups is 2. The van der Waals surface area contributed by atoms with Crippen LogP contribution in [0.3, 0.4) is 0 Å². The van der Waals surface area contributed by atoms with E-state index in [0.717, 1.165) is 66.8 Å². The third kappa shape index (κ3) is 6.37. The fourth-order valence-electron chi connectivity index (χ4n) is 7.17. The number of methoxy groups -OCH3 is 1. The van der Waals surface area contributed by atoms with Crippen molar-refractivity contribution in [2.45, 2.75) is 69.4 Å². The molecule has 9 heteroatoms. The van der Waals surface area contributed by atoms with Crippen LogP contribution in [-0.4, -0.2) is 64.0 Å². The van der Waals surface area contributed by atoms with Crippen LogP contribution in [0.5, 0.6) is 5.75 Å². The lowest BCUT2D eigenvalue weighted by Gasteiger charge is -2.31. The number of aromatic nitrogens is 3. The number of fused-ring (bicyclic) bond motifs is 2. The van der Waals surface area contributed by atoms with Crippen molar-refractivity contribution in [3.8, 4) is 5.75 Å². The number of hydrogen-bond donors (Lipinski definition) is 2. The molecule has 2 heterocycles. The Bertz CT molecular complexity index is 1500. The molecule has 2 aliphatic carbocycles. The highest BCUT2D eigenvalue weighted by Crippen LogP contribution is 2.35. The first-order valence-corrected chi connectivity index (χ1v) is 15.5. The summed E-state index contributed by atoms with van der Waals surface area (Å²) in [5, 5.41) is 11.5. The first-order valence-electron chi connectivity index (χ1n) is 15.5. The molecule has 3 aromatic rings. The molecule has 1 saturated heterocycles. The van der Waals surface area contributed by atoms with Gasteiger partial charge in [0.15, 0.2) is 0 Å². The smallest absolute Gasteiger partial charge is 0.243 e. The molecule has 2 aromatic carbocycles. The molecule has 1 aromatic heterocycles. The quantitative estimate of drug-likeness (QED) is 0.399. The van der Waals surface area contributed by atoms with Gasteiger partial charge >= 0.3 is 0 Å². The van der Waals surface area contributed by atoms with Crippen LogP contribution in [0.4, 0.5) is 0 Å². The van der Waals surface area contributed by atoms with Crippen molar-refractivity contribution in [1.82, 2.24) is 25.2 Å². The highest BCUT2D eigenvalue weighted by Gasteiger charge is 2.41. The maximum absolute atomic E-state index is 13.9. The maximum atomic E-state index is 13.9. The van der Waals surface area contributed by atoms with Crippen LogP contribution in [0.1, 0.15) is 66.1 Å². The van der Waals surface area contributed by atoms with Gasteiger partial charge in [-0.1, -0.05) is 41.6 Å². The standard InChI is InChI=1S/C34H42N6O3/c1-39-31-15-12-23(17-30(31)37-38-39)20-36-33(41)32-18-24(16-22-10-13-27(43-2)14-11-22)21-40(32)34(42)29(35)19-26-8-5-7-25-6-3-4-9-28(25)26/h3-4,6,9-11,13-14,17,24,26,29,32H,5,7-8,12,15-16,18-21,35H2,1-2H3,(H,36,41). The molecule has 226 valence electrons. The zero-order valence-corrected chi connectivity index (χ0v) is 25.2. The Labute approximate surface area is 253 Å². The van der Waals surface area contributed by atoms with Crippen molar-refractivity contribution in [3.05, 3.63) is 82.2 Å². The van der Waals surface area contributed by atoms with Gasteiger partial charge in [0.2, 0.25) is 11.8 Å². The van der Waals surface area contributed by atoms with Gasteiger partial charge in [0.25, 0.3) is 0 Å². The number of hydrogen-bond acceptors (Lipinski definition) is 6. The summed E-state index contributed by atoms with van der Waals surface area (Å²) in [6, 6.07) is 15.3. The van der Waals surface area contributed by atoms with Gasteiger partial charge < -0.3 is 20.7 Å². The molecule has 43 heavy (non-hydrogen) atoms. The summed E-state index contributed by atoms with van der Waals surface area (Å²) >= 11 is 0. The van der Waals surface area contributed by atoms with Crippen LogP contribution < -0.4 is 15.8 Å². The second-order valence-corrected chi connectivity index (χ2v) is 12.4. The predicted octanol–water partition coefficient (Wildman–Crippen LogP) is 3.57. The van der Waals surface area contributed by atoms with Crippen molar-refractivity contribution in [3.63, 3.8) is 0 Å². The van der Waals surface area contributed by atoms with Gasteiger partial charge in [-0.05, 0) is 104 Å². The van der Waals surface area contributed by atoms with E-state index in [-0.39, 0.29) is 23.7 Å². The van der Waals surface area contributed by atoms with Gasteiger partial charge in [-0.2, -0.15) is 0 Å². The third-order valence-electron chi connectivity index (χ3n) is 9.49. The molecule has 3 N–H and O–H groups in total. The van der Waals surface area contributed by atoms with Gasteiger partial charge in [-0.15, -0.1) is 5.10 Å². The normalized spacial score (nSPS) is 21.9. The topological polar surface area (TPSA) is 115 Å². The molecule has 1 aliphatic heterocycles. The van der Waals surface area contributed by atoms with Crippen molar-refractivity contribution < 1.29 is 14.3 Å². The lowest BCUT2D eigenvalue weighted by Crippen LogP contribution is -2.51. The van der Waals surface area contributed by atoms with Gasteiger partial charge in [0, 0.05) is 20.1 Å². The Morgan fingerprint density at radius 1 is 1.12 bits per heavy atom. The molecule has 6 rings (SSSR count). The number of nitrogens with two attached hydrogens (primary N) is 1. The number of rotatable bonds is 9. The Morgan fingerprint density at radius 2 is 1.93 bits per heavy atom. The van der Waals surface area contributed by atoms with E-state index in [1.54, 1.807) is 16.7 Å². The fourth-order valence-corrected chi connectivity index (χ4v) is 7.17. The van der Waals surface area contributed by atoms with Crippen molar-refractivity contribution in [2.24, 2.45) is 18.7 Å². The van der Waals surface area contributed by atoms with E-state index in [1.807, 2.05) is 25.3 Å². The van der Waals surface area contributed by atoms with E-state index in [2.05, 4.69) is 52.0 Å². The number of likely N-dealkylation sites (tertiary alicyclic amines) is 1. The molecule has 0 saturated carbocycles. The molecule has 0 bridgehead atoms. The number of nitrogens with zero attached hydrogens (tertiary/aromatic N) is 4. The molecule has 4 unspecified atom stereocenters. The van der Waals surface area contributed by atoms with Crippen LogP contribution in [0, 0.1) is 5.92 Å². The monoisotopic (exact) mass is 582 g/mol. The zero-order valence-electron chi connectivity index (χ0n) is 25.2. The number of benzene rings is 2. The molecule has 1 fully saturated rings. The van der Waals surface area contributed by atoms with Crippen molar-refractivity contribution in [2.75, 3.05) is 20.2 Å². The lowest BCUT2D eigenvalue weighted by atomic mass is 9.79. The van der Waals surface area contributed by atoms with Gasteiger partial charge in [-0.25, -0.2) is 0 Å². The van der Waals surface area contributed by atoms with Gasteiger partial charge in [0.1, 0.15) is 17.5 Å². The largest absolute Gasteiger partial charge is 0.497 e. The molecule has 0 spiro atoms. The highest BCUT2D eigenvalue weighted by molar-refractivity contribution is 5.90. The summed E-state index contributed by atoms with van der Waals surface area (Å²) in [4.78, 5) is 29.4. The van der Waals surface area contributed by atoms with Crippen molar-refractivity contribution >= 4 is 17.9 Å². The number of nitrogens with one attached hydrogen (secondary N) is 1. The summed E-state index contributed by atoms with van der Waals surface area (Å²) in [6.07, 6.45) is 8.90. The summed E-state index contributed by atoms with van der Waals surface area (Å²) in [5.41, 5.74) is 13.6. The summed E-state index contributed by atoms with van der Waals surface area (Å²) in [5.74, 6) is 0.989. The average Bonchev–Trinajstić information content (AvgIpc) is 3.63. The summed E-state index contributed by atoms with van der Waals surface area (Å²) < 4.78 is 7.12. The number of ether oxygens (including phenoxy) is 1. The molecular weight excluding hydrogens is 540 g/mol. The molecule has 2 amide bonds. The van der Waals surface area contributed by atoms with Crippen LogP contribution in [0.15, 0.2) is 54.1 Å². The number of aryl methyl sites for hydroxylation is 2. The Balaban J connectivity index is 1.15. The Hall–Kier alpha value is -3.98. The Kier molecular flexibility index (Phi) is 8.61. The van der Waals surface area contributed by atoms with Crippen LogP contribution in [0.25, 0.3) is 6.08 Å². The lowest BCUT2D eigenvalue weighted by molar-refractivity contribution is -0.139.